The molecule has 6 heteroatoms. The summed E-state index contributed by atoms with van der Waals surface area (Å²) in [5.41, 5.74) is 0.767. The number of hydrogen-bond acceptors (Lipinski definition) is 3. The lowest BCUT2D eigenvalue weighted by atomic mass is 10.2. The molecule has 1 N–H and O–H groups in total. The van der Waals surface area contributed by atoms with Crippen LogP contribution in [0.25, 0.3) is 0 Å². The predicted octanol–water partition coefficient (Wildman–Crippen LogP) is 2.98. The number of aromatic nitrogens is 2. The Morgan fingerprint density at radius 3 is 2.87 bits per heavy atom. The normalized spacial score (nSPS) is 13.1. The highest BCUT2D eigenvalue weighted by Gasteiger charge is 2.16. The van der Waals surface area contributed by atoms with Gasteiger partial charge in [-0.3, -0.25) is 4.68 Å². The van der Waals surface area contributed by atoms with Crippen molar-refractivity contribution in [1.29, 1.82) is 0 Å². The molecule has 1 unspecified atom stereocenters. The molecule has 0 aromatic carbocycles. The molecule has 1 atom stereocenters. The zero-order valence-electron chi connectivity index (χ0n) is 7.82. The van der Waals surface area contributed by atoms with E-state index in [0.29, 0.717) is 4.34 Å². The predicted molar refractivity (Wildman–Crippen MR) is 64.3 cm³/mol. The number of halogens is 2. The molecule has 2 aromatic heterocycles. The number of aryl methyl sites for hydroxylation is 1. The van der Waals surface area contributed by atoms with E-state index in [0.717, 1.165) is 14.9 Å². The molecule has 0 aliphatic heterocycles. The van der Waals surface area contributed by atoms with E-state index in [1.165, 1.54) is 11.3 Å². The Balaban J connectivity index is 2.31. The van der Waals surface area contributed by atoms with Crippen molar-refractivity contribution in [2.45, 2.75) is 6.10 Å². The number of aliphatic hydroxyl groups is 1. The third kappa shape index (κ3) is 2.25. The lowest BCUT2D eigenvalue weighted by Crippen LogP contribution is -1.94. The summed E-state index contributed by atoms with van der Waals surface area (Å²) in [4.78, 5) is 0.805. The Labute approximate surface area is 104 Å². The number of hydrogen-bond donors (Lipinski definition) is 1. The number of thiophene rings is 1. The highest BCUT2D eigenvalue weighted by atomic mass is 79.9. The van der Waals surface area contributed by atoms with Crippen molar-refractivity contribution < 1.29 is 5.11 Å². The van der Waals surface area contributed by atoms with Crippen molar-refractivity contribution in [3.8, 4) is 0 Å². The van der Waals surface area contributed by atoms with Gasteiger partial charge in [-0.2, -0.15) is 5.10 Å². The maximum atomic E-state index is 10.0. The van der Waals surface area contributed by atoms with Gasteiger partial charge >= 0.3 is 0 Å². The van der Waals surface area contributed by atoms with Gasteiger partial charge in [-0.05, 0) is 22.0 Å². The summed E-state index contributed by atoms with van der Waals surface area (Å²) in [6.07, 6.45) is 2.77. The van der Waals surface area contributed by atoms with Crippen LogP contribution in [0, 0.1) is 0 Å². The molecule has 0 radical (unpaired) electrons. The van der Waals surface area contributed by atoms with Crippen LogP contribution >= 0.6 is 38.9 Å². The second kappa shape index (κ2) is 4.25. The zero-order chi connectivity index (χ0) is 11.0. The average Bonchev–Trinajstić information content (AvgIpc) is 2.74. The fourth-order valence-electron chi connectivity index (χ4n) is 1.24. The average molecular weight is 308 g/mol. The van der Waals surface area contributed by atoms with Crippen LogP contribution in [0.2, 0.25) is 4.34 Å². The molecule has 2 aromatic rings. The minimum Gasteiger partial charge on any atom is -0.383 e. The van der Waals surface area contributed by atoms with Crippen LogP contribution in [0.1, 0.15) is 16.5 Å². The van der Waals surface area contributed by atoms with E-state index in [2.05, 4.69) is 21.0 Å². The Hall–Kier alpha value is -0.360. The highest BCUT2D eigenvalue weighted by Crippen LogP contribution is 2.37. The molecule has 0 saturated heterocycles. The van der Waals surface area contributed by atoms with Crippen LogP contribution in [0.15, 0.2) is 22.9 Å². The molecule has 0 spiro atoms. The van der Waals surface area contributed by atoms with E-state index >= 15 is 0 Å². The lowest BCUT2D eigenvalue weighted by molar-refractivity contribution is 0.224. The quantitative estimate of drug-likeness (QED) is 0.926. The van der Waals surface area contributed by atoms with Crippen LogP contribution in [-0.2, 0) is 7.05 Å². The van der Waals surface area contributed by atoms with Gasteiger partial charge in [-0.25, -0.2) is 0 Å². The number of aliphatic hydroxyl groups excluding tert-OH is 1. The Bertz CT molecular complexity index is 463. The Kier molecular flexibility index (Phi) is 3.16. The summed E-state index contributed by atoms with van der Waals surface area (Å²) in [6, 6.07) is 1.82. The maximum absolute atomic E-state index is 10.0. The molecule has 15 heavy (non-hydrogen) atoms. The maximum Gasteiger partial charge on any atom is 0.116 e. The minimum absolute atomic E-state index is 0.646. The topological polar surface area (TPSA) is 38.0 Å². The molecule has 2 heterocycles. The summed E-state index contributed by atoms with van der Waals surface area (Å²) in [5.74, 6) is 0. The first-order valence-electron chi connectivity index (χ1n) is 4.19. The fourth-order valence-corrected chi connectivity index (χ4v) is 2.99. The van der Waals surface area contributed by atoms with E-state index < -0.39 is 6.10 Å². The minimum atomic E-state index is -0.660. The smallest absolute Gasteiger partial charge is 0.116 e. The standard InChI is InChI=1S/C9H8BrClN2OS/c1-13-4-5(3-12-13)8(14)7-2-6(10)9(11)15-7/h2-4,8,14H,1H3. The second-order valence-corrected chi connectivity index (χ2v) is 5.66. The van der Waals surface area contributed by atoms with Crippen LogP contribution in [-0.4, -0.2) is 14.9 Å². The largest absolute Gasteiger partial charge is 0.383 e. The molecule has 0 aliphatic rings. The number of rotatable bonds is 2. The fraction of sp³-hybridized carbons (Fsp3) is 0.222. The monoisotopic (exact) mass is 306 g/mol. The van der Waals surface area contributed by atoms with E-state index in [4.69, 9.17) is 11.6 Å². The van der Waals surface area contributed by atoms with E-state index in [-0.39, 0.29) is 0 Å². The lowest BCUT2D eigenvalue weighted by Gasteiger charge is -2.03. The highest BCUT2D eigenvalue weighted by molar-refractivity contribution is 9.10. The first-order valence-corrected chi connectivity index (χ1v) is 6.18. The summed E-state index contributed by atoms with van der Waals surface area (Å²) in [5, 5.41) is 14.0. The van der Waals surface area contributed by atoms with Gasteiger partial charge in [-0.15, -0.1) is 11.3 Å². The Morgan fingerprint density at radius 1 is 1.67 bits per heavy atom. The van der Waals surface area contributed by atoms with Crippen molar-refractivity contribution in [2.75, 3.05) is 0 Å². The van der Waals surface area contributed by atoms with Gasteiger partial charge in [0, 0.05) is 28.2 Å². The molecule has 3 nitrogen and oxygen atoms in total. The molecule has 80 valence electrons. The van der Waals surface area contributed by atoms with Gasteiger partial charge in [0.15, 0.2) is 0 Å². The van der Waals surface area contributed by atoms with Crippen molar-refractivity contribution in [1.82, 2.24) is 9.78 Å². The van der Waals surface area contributed by atoms with Crippen LogP contribution < -0.4 is 0 Å². The van der Waals surface area contributed by atoms with Crippen molar-refractivity contribution in [3.63, 3.8) is 0 Å². The molecular weight excluding hydrogens is 300 g/mol. The summed E-state index contributed by atoms with van der Waals surface area (Å²) in [7, 11) is 1.81. The molecular formula is C9H8BrClN2OS. The molecule has 0 aliphatic carbocycles. The van der Waals surface area contributed by atoms with Crippen LogP contribution in [0.5, 0.6) is 0 Å². The van der Waals surface area contributed by atoms with E-state index in [9.17, 15) is 5.11 Å². The first kappa shape index (κ1) is 11.1. The molecule has 0 amide bonds. The van der Waals surface area contributed by atoms with E-state index in [1.807, 2.05) is 13.1 Å². The molecule has 2 rings (SSSR count). The Morgan fingerprint density at radius 2 is 2.40 bits per heavy atom. The molecule has 0 bridgehead atoms. The van der Waals surface area contributed by atoms with Gasteiger partial charge < -0.3 is 5.11 Å². The van der Waals surface area contributed by atoms with Crippen molar-refractivity contribution in [2.24, 2.45) is 7.05 Å². The van der Waals surface area contributed by atoms with Crippen molar-refractivity contribution >= 4 is 38.9 Å². The van der Waals surface area contributed by atoms with Gasteiger partial charge in [0.25, 0.3) is 0 Å². The van der Waals surface area contributed by atoms with Gasteiger partial charge in [0.1, 0.15) is 10.4 Å². The third-order valence-electron chi connectivity index (χ3n) is 1.97. The molecule has 0 saturated carbocycles. The SMILES string of the molecule is Cn1cc(C(O)c2cc(Br)c(Cl)s2)cn1. The zero-order valence-corrected chi connectivity index (χ0v) is 11.0. The first-order chi connectivity index (χ1) is 7.08. The van der Waals surface area contributed by atoms with E-state index in [1.54, 1.807) is 17.1 Å². The summed E-state index contributed by atoms with van der Waals surface area (Å²) in [6.45, 7) is 0. The van der Waals surface area contributed by atoms with Crippen molar-refractivity contribution in [3.05, 3.63) is 37.7 Å². The van der Waals surface area contributed by atoms with Crippen LogP contribution in [0.4, 0.5) is 0 Å². The second-order valence-electron chi connectivity index (χ2n) is 3.12. The van der Waals surface area contributed by atoms with Gasteiger partial charge in [0.2, 0.25) is 0 Å². The summed E-state index contributed by atoms with van der Waals surface area (Å²) >= 11 is 10.6. The van der Waals surface area contributed by atoms with Crippen LogP contribution in [0.3, 0.4) is 0 Å². The van der Waals surface area contributed by atoms with Gasteiger partial charge in [0.05, 0.1) is 6.20 Å². The third-order valence-corrected chi connectivity index (χ3v) is 4.50. The number of nitrogens with zero attached hydrogens (tertiary/aromatic N) is 2. The summed E-state index contributed by atoms with van der Waals surface area (Å²) < 4.78 is 3.11. The molecule has 0 fully saturated rings. The van der Waals surface area contributed by atoms with Gasteiger partial charge in [-0.1, -0.05) is 11.6 Å².